The maximum Gasteiger partial charge on any atom is 0.573 e. The Morgan fingerprint density at radius 2 is 1.62 bits per heavy atom. The van der Waals surface area contributed by atoms with Gasteiger partial charge in [-0.3, -0.25) is 14.9 Å². The van der Waals surface area contributed by atoms with Crippen LogP contribution in [0.5, 0.6) is 5.75 Å². The smallest absolute Gasteiger partial charge is 0.405 e. The van der Waals surface area contributed by atoms with Crippen molar-refractivity contribution in [3.8, 4) is 16.9 Å². The topological polar surface area (TPSA) is 55.4 Å². The maximum absolute atomic E-state index is 13.2. The minimum Gasteiger partial charge on any atom is -0.405 e. The number of amides is 2. The number of thioether (sulfide) groups is 1. The lowest BCUT2D eigenvalue weighted by Gasteiger charge is -2.42. The summed E-state index contributed by atoms with van der Waals surface area (Å²) in [5.41, 5.74) is 4.71. The molecule has 0 radical (unpaired) electrons. The van der Waals surface area contributed by atoms with Gasteiger partial charge in [0.25, 0.3) is 5.24 Å². The number of aryl methyl sites for hydroxylation is 1. The Bertz CT molecular complexity index is 1170. The summed E-state index contributed by atoms with van der Waals surface area (Å²) in [5, 5.41) is 1.22. The normalized spacial score (nSPS) is 21.2. The molecule has 1 heterocycles. The highest BCUT2D eigenvalue weighted by molar-refractivity contribution is 8.15. The molecule has 4 rings (SSSR count). The second-order valence-corrected chi connectivity index (χ2v) is 11.6. The summed E-state index contributed by atoms with van der Waals surface area (Å²) in [4.78, 5) is 23.6. The molecule has 1 aliphatic carbocycles. The number of hydrogen-bond donors (Lipinski definition) is 1. The number of hydrogen-bond acceptors (Lipinski definition) is 4. The van der Waals surface area contributed by atoms with E-state index in [1.165, 1.54) is 17.7 Å². The summed E-state index contributed by atoms with van der Waals surface area (Å²) in [6.45, 7) is 10.6. The summed E-state index contributed by atoms with van der Waals surface area (Å²) >= 11 is 0.895. The number of alkyl halides is 3. The largest absolute Gasteiger partial charge is 0.573 e. The summed E-state index contributed by atoms with van der Waals surface area (Å²) in [7, 11) is 0. The van der Waals surface area contributed by atoms with Crippen molar-refractivity contribution in [2.45, 2.75) is 76.3 Å². The minimum atomic E-state index is -4.84. The molecule has 1 unspecified atom stereocenters. The van der Waals surface area contributed by atoms with E-state index in [9.17, 15) is 22.8 Å². The number of rotatable bonds is 4. The lowest BCUT2D eigenvalue weighted by molar-refractivity contribution is -0.274. The predicted octanol–water partition coefficient (Wildman–Crippen LogP) is 6.80. The van der Waals surface area contributed by atoms with Crippen LogP contribution < -0.4 is 10.1 Å². The zero-order valence-corrected chi connectivity index (χ0v) is 20.7. The van der Waals surface area contributed by atoms with Crippen LogP contribution in [0, 0.1) is 6.92 Å². The van der Waals surface area contributed by atoms with Gasteiger partial charge in [0.15, 0.2) is 0 Å². The fraction of sp³-hybridized carbons (Fsp3) is 0.462. The Morgan fingerprint density at radius 3 is 2.18 bits per heavy atom. The van der Waals surface area contributed by atoms with Gasteiger partial charge in [-0.2, -0.15) is 0 Å². The summed E-state index contributed by atoms with van der Waals surface area (Å²) in [6, 6.07) is 8.56. The van der Waals surface area contributed by atoms with Gasteiger partial charge < -0.3 is 4.74 Å². The molecular weight excluding hydrogens is 463 g/mol. The predicted molar refractivity (Wildman–Crippen MR) is 127 cm³/mol. The molecule has 0 saturated carbocycles. The van der Waals surface area contributed by atoms with Crippen LogP contribution in [0.2, 0.25) is 0 Å². The highest BCUT2D eigenvalue weighted by Crippen LogP contribution is 2.48. The van der Waals surface area contributed by atoms with Crippen molar-refractivity contribution in [1.82, 2.24) is 5.32 Å². The first kappa shape index (κ1) is 24.6. The third kappa shape index (κ3) is 4.83. The van der Waals surface area contributed by atoms with Crippen molar-refractivity contribution in [2.24, 2.45) is 0 Å². The average Bonchev–Trinajstić information content (AvgIpc) is 3.02. The Labute approximate surface area is 201 Å². The van der Waals surface area contributed by atoms with E-state index in [2.05, 4.69) is 43.8 Å². The van der Waals surface area contributed by atoms with Crippen LogP contribution in [-0.2, 0) is 22.0 Å². The third-order valence-electron chi connectivity index (χ3n) is 6.95. The molecule has 1 fully saturated rings. The van der Waals surface area contributed by atoms with Gasteiger partial charge in [-0.05, 0) is 83.0 Å². The standard InChI is InChI=1S/C26H28F3NO3S/c1-14-10-18-19(25(4,5)9-8-24(18,2)3)13-16(14)17-11-15(6-7-20(17)33-26(27,28)29)12-21-22(31)30-23(32)34-21/h6-7,10-11,13,21H,8-9,12H2,1-5H3,(H,30,31,32). The number of imide groups is 1. The second kappa shape index (κ2) is 8.33. The molecule has 1 aliphatic heterocycles. The molecule has 0 aromatic heterocycles. The third-order valence-corrected chi connectivity index (χ3v) is 7.93. The Hall–Kier alpha value is -2.48. The molecule has 2 aliphatic rings. The fourth-order valence-corrected chi connectivity index (χ4v) is 5.74. The van der Waals surface area contributed by atoms with E-state index < -0.39 is 16.9 Å². The molecule has 0 spiro atoms. The average molecular weight is 492 g/mol. The van der Waals surface area contributed by atoms with Crippen LogP contribution in [0.1, 0.15) is 62.8 Å². The SMILES string of the molecule is Cc1cc2c(cc1-c1cc(CC3SC(=O)NC3=O)ccc1OC(F)(F)F)C(C)(C)CCC2(C)C. The molecule has 4 nitrogen and oxygen atoms in total. The van der Waals surface area contributed by atoms with E-state index in [1.807, 2.05) is 13.0 Å². The number of benzene rings is 2. The van der Waals surface area contributed by atoms with Gasteiger partial charge in [0.05, 0.1) is 5.25 Å². The molecule has 2 aromatic rings. The molecule has 8 heteroatoms. The van der Waals surface area contributed by atoms with E-state index in [0.717, 1.165) is 35.7 Å². The number of halogens is 3. The summed E-state index contributed by atoms with van der Waals surface area (Å²) in [5.74, 6) is -0.673. The quantitative estimate of drug-likeness (QED) is 0.511. The van der Waals surface area contributed by atoms with Gasteiger partial charge in [0.1, 0.15) is 5.75 Å². The van der Waals surface area contributed by atoms with Crippen LogP contribution >= 0.6 is 11.8 Å². The van der Waals surface area contributed by atoms with Gasteiger partial charge in [0, 0.05) is 5.56 Å². The molecule has 2 amide bonds. The van der Waals surface area contributed by atoms with Crippen LogP contribution in [0.3, 0.4) is 0 Å². The van der Waals surface area contributed by atoms with E-state index in [0.29, 0.717) is 16.7 Å². The first-order valence-corrected chi connectivity index (χ1v) is 12.1. The maximum atomic E-state index is 13.2. The van der Waals surface area contributed by atoms with E-state index in [-0.39, 0.29) is 28.9 Å². The van der Waals surface area contributed by atoms with Crippen molar-refractivity contribution in [2.75, 3.05) is 0 Å². The highest BCUT2D eigenvalue weighted by atomic mass is 32.2. The van der Waals surface area contributed by atoms with Gasteiger partial charge in [-0.1, -0.05) is 51.6 Å². The zero-order valence-electron chi connectivity index (χ0n) is 19.9. The Morgan fingerprint density at radius 1 is 1.00 bits per heavy atom. The number of nitrogens with one attached hydrogen (secondary N) is 1. The number of ether oxygens (including phenoxy) is 1. The summed E-state index contributed by atoms with van der Waals surface area (Å²) < 4.78 is 44.1. The molecule has 2 aromatic carbocycles. The van der Waals surface area contributed by atoms with E-state index in [1.54, 1.807) is 6.07 Å². The molecule has 0 bridgehead atoms. The van der Waals surface area contributed by atoms with Crippen molar-refractivity contribution < 1.29 is 27.5 Å². The van der Waals surface area contributed by atoms with Crippen LogP contribution in [0.4, 0.5) is 18.0 Å². The number of fused-ring (bicyclic) bond motifs is 1. The van der Waals surface area contributed by atoms with Crippen molar-refractivity contribution in [1.29, 1.82) is 0 Å². The molecule has 1 saturated heterocycles. The van der Waals surface area contributed by atoms with Gasteiger partial charge >= 0.3 is 6.36 Å². The fourth-order valence-electron chi connectivity index (χ4n) is 4.88. The van der Waals surface area contributed by atoms with Crippen molar-refractivity contribution in [3.05, 3.63) is 52.6 Å². The van der Waals surface area contributed by atoms with Gasteiger partial charge in [-0.15, -0.1) is 13.2 Å². The molecular formula is C26H28F3NO3S. The Balaban J connectivity index is 1.84. The summed E-state index contributed by atoms with van der Waals surface area (Å²) in [6.07, 6.45) is -2.61. The monoisotopic (exact) mass is 491 g/mol. The van der Waals surface area contributed by atoms with E-state index in [4.69, 9.17) is 0 Å². The minimum absolute atomic E-state index is 0.0269. The van der Waals surface area contributed by atoms with Crippen LogP contribution in [-0.4, -0.2) is 22.8 Å². The second-order valence-electron chi connectivity index (χ2n) is 10.4. The molecule has 1 atom stereocenters. The number of carbonyl (C=O) groups is 2. The first-order valence-electron chi connectivity index (χ1n) is 11.2. The van der Waals surface area contributed by atoms with Gasteiger partial charge in [-0.25, -0.2) is 0 Å². The van der Waals surface area contributed by atoms with Crippen LogP contribution in [0.15, 0.2) is 30.3 Å². The van der Waals surface area contributed by atoms with Gasteiger partial charge in [0.2, 0.25) is 5.91 Å². The lowest BCUT2D eigenvalue weighted by atomic mass is 9.62. The van der Waals surface area contributed by atoms with E-state index >= 15 is 0 Å². The molecule has 1 N–H and O–H groups in total. The zero-order chi connectivity index (χ0) is 25.1. The van der Waals surface area contributed by atoms with Crippen LogP contribution in [0.25, 0.3) is 11.1 Å². The Kier molecular flexibility index (Phi) is 6.03. The molecule has 34 heavy (non-hydrogen) atoms. The molecule has 182 valence electrons. The van der Waals surface area contributed by atoms with Crippen molar-refractivity contribution in [3.63, 3.8) is 0 Å². The highest BCUT2D eigenvalue weighted by Gasteiger charge is 2.38. The van der Waals surface area contributed by atoms with Crippen molar-refractivity contribution >= 4 is 22.9 Å². The first-order chi connectivity index (χ1) is 15.7. The lowest BCUT2D eigenvalue weighted by Crippen LogP contribution is -2.34. The number of carbonyl (C=O) groups excluding carboxylic acids is 2.